The van der Waals surface area contributed by atoms with E-state index in [0.29, 0.717) is 10.8 Å². The maximum atomic E-state index is 12.9. The van der Waals surface area contributed by atoms with Gasteiger partial charge in [-0.3, -0.25) is 0 Å². The number of rotatable bonds is 5. The summed E-state index contributed by atoms with van der Waals surface area (Å²) in [6, 6.07) is 4.21. The van der Waals surface area contributed by atoms with Crippen LogP contribution >= 0.6 is 20.6 Å². The Morgan fingerprint density at radius 3 is 1.53 bits per heavy atom. The summed E-state index contributed by atoms with van der Waals surface area (Å²) < 4.78 is 13.1. The average Bonchev–Trinajstić information content (AvgIpc) is 2.48. The Morgan fingerprint density at radius 1 is 0.800 bits per heavy atom. The van der Waals surface area contributed by atoms with Gasteiger partial charge in [0, 0.05) is 0 Å². The van der Waals surface area contributed by atoms with Crippen LogP contribution in [0, 0.1) is 47.0 Å². The molecule has 4 fully saturated rings. The van der Waals surface area contributed by atoms with Gasteiger partial charge in [0.2, 0.25) is 0 Å². The van der Waals surface area contributed by atoms with E-state index < -0.39 is 20.6 Å². The van der Waals surface area contributed by atoms with Crippen molar-refractivity contribution in [2.75, 3.05) is 0 Å². The molecule has 164 valence electrons. The summed E-state index contributed by atoms with van der Waals surface area (Å²) in [6.07, 6.45) is 11.5. The van der Waals surface area contributed by atoms with E-state index in [9.17, 15) is 9.59 Å². The second-order valence-electron chi connectivity index (χ2n) is 10.6. The van der Waals surface area contributed by atoms with Crippen LogP contribution in [0.25, 0.3) is 0 Å². The summed E-state index contributed by atoms with van der Waals surface area (Å²) in [4.78, 5) is 25.9. The summed E-state index contributed by atoms with van der Waals surface area (Å²) in [5.74, 6) is -0.267. The molecule has 0 atom stereocenters. The van der Waals surface area contributed by atoms with Crippen molar-refractivity contribution in [1.82, 2.24) is 0 Å². The number of carbonyl (C=O) groups is 2. The first kappa shape index (κ1) is 20.8. The molecule has 0 unspecified atom stereocenters. The Morgan fingerprint density at radius 2 is 1.20 bits per heavy atom. The molecule has 30 heavy (non-hydrogen) atoms. The van der Waals surface area contributed by atoms with E-state index >= 15 is 0 Å². The molecule has 0 aliphatic heterocycles. The van der Waals surface area contributed by atoms with Crippen LogP contribution in [0.2, 0.25) is 0 Å². The number of benzene rings is 1. The summed E-state index contributed by atoms with van der Waals surface area (Å²) >= 11 is -2.87. The number of carbonyl (C=O) groups excluding carboxylic acids is 2. The molecular formula is C25H33IO4. The molecule has 4 aliphatic rings. The predicted molar refractivity (Wildman–Crippen MR) is 124 cm³/mol. The quantitative estimate of drug-likeness (QED) is 0.421. The Hall–Kier alpha value is -1.11. The van der Waals surface area contributed by atoms with Crippen LogP contribution in [0.5, 0.6) is 0 Å². The molecule has 0 bridgehead atoms. The summed E-state index contributed by atoms with van der Waals surface area (Å²) in [5.41, 5.74) is 4.19. The third-order valence-corrected chi connectivity index (χ3v) is 12.5. The molecule has 2 spiro atoms. The van der Waals surface area contributed by atoms with Gasteiger partial charge in [0.15, 0.2) is 0 Å². The van der Waals surface area contributed by atoms with Gasteiger partial charge < -0.3 is 0 Å². The van der Waals surface area contributed by atoms with E-state index in [1.165, 1.54) is 44.1 Å². The topological polar surface area (TPSA) is 52.6 Å². The Kier molecular flexibility index (Phi) is 5.19. The molecule has 4 aliphatic carbocycles. The van der Waals surface area contributed by atoms with Crippen LogP contribution in [-0.4, -0.2) is 11.9 Å². The van der Waals surface area contributed by atoms with Gasteiger partial charge in [-0.1, -0.05) is 0 Å². The standard InChI is InChI=1S/C25H33IO4/c1-16-10-17(2)21(18(3)11-16)26(29-22(27)19-12-24(13-19)6-4-7-24)30-23(28)20-14-25(15-20)8-5-9-25/h10-11,19-20H,4-9,12-15H2,1-3H3. The predicted octanol–water partition coefficient (Wildman–Crippen LogP) is 6.36. The molecule has 1 aromatic rings. The molecular weight excluding hydrogens is 491 g/mol. The number of hydrogen-bond donors (Lipinski definition) is 0. The average molecular weight is 524 g/mol. The van der Waals surface area contributed by atoms with Gasteiger partial charge in [0.25, 0.3) is 0 Å². The van der Waals surface area contributed by atoms with Gasteiger partial charge in [-0.2, -0.15) is 0 Å². The minimum absolute atomic E-state index is 0.00295. The van der Waals surface area contributed by atoms with Gasteiger partial charge >= 0.3 is 188 Å². The molecule has 4 nitrogen and oxygen atoms in total. The Bertz CT molecular complexity index is 800. The monoisotopic (exact) mass is 524 g/mol. The van der Waals surface area contributed by atoms with Gasteiger partial charge in [0.05, 0.1) is 0 Å². The number of hydrogen-bond acceptors (Lipinski definition) is 4. The second-order valence-corrected chi connectivity index (χ2v) is 13.8. The van der Waals surface area contributed by atoms with Crippen LogP contribution in [0.4, 0.5) is 0 Å². The van der Waals surface area contributed by atoms with E-state index in [1.54, 1.807) is 0 Å². The van der Waals surface area contributed by atoms with Crippen LogP contribution < -0.4 is 0 Å². The molecule has 0 heterocycles. The van der Waals surface area contributed by atoms with Crippen LogP contribution in [-0.2, 0) is 15.7 Å². The van der Waals surface area contributed by atoms with E-state index in [4.69, 9.17) is 6.13 Å². The molecule has 0 saturated heterocycles. The third kappa shape index (κ3) is 3.59. The fourth-order valence-electron chi connectivity index (χ4n) is 6.24. The molecule has 5 heteroatoms. The first-order valence-corrected chi connectivity index (χ1v) is 14.3. The molecule has 0 radical (unpaired) electrons. The Labute approximate surface area is 188 Å². The van der Waals surface area contributed by atoms with Gasteiger partial charge in [0.1, 0.15) is 0 Å². The molecule has 4 saturated carbocycles. The van der Waals surface area contributed by atoms with E-state index in [2.05, 4.69) is 19.1 Å². The first-order chi connectivity index (χ1) is 14.3. The molecule has 1 aromatic carbocycles. The fourth-order valence-corrected chi connectivity index (χ4v) is 9.98. The van der Waals surface area contributed by atoms with Crippen LogP contribution in [0.1, 0.15) is 80.9 Å². The van der Waals surface area contributed by atoms with Crippen LogP contribution in [0.3, 0.4) is 0 Å². The zero-order chi connectivity index (χ0) is 21.1. The molecule has 5 rings (SSSR count). The molecule has 0 amide bonds. The van der Waals surface area contributed by atoms with Gasteiger partial charge in [-0.05, 0) is 0 Å². The maximum absolute atomic E-state index is 12.9. The summed E-state index contributed by atoms with van der Waals surface area (Å²) in [6.45, 7) is 6.15. The normalized spacial score (nSPS) is 26.1. The summed E-state index contributed by atoms with van der Waals surface area (Å²) in [7, 11) is 0. The molecule has 0 aromatic heterocycles. The minimum atomic E-state index is -2.87. The second kappa shape index (κ2) is 7.49. The fraction of sp³-hybridized carbons (Fsp3) is 0.680. The van der Waals surface area contributed by atoms with E-state index in [1.807, 2.05) is 13.8 Å². The van der Waals surface area contributed by atoms with Crippen LogP contribution in [0.15, 0.2) is 12.1 Å². The van der Waals surface area contributed by atoms with Crippen molar-refractivity contribution < 1.29 is 15.7 Å². The summed E-state index contributed by atoms with van der Waals surface area (Å²) in [5, 5.41) is 0. The third-order valence-electron chi connectivity index (χ3n) is 8.24. The molecule has 0 N–H and O–H groups in total. The number of halogens is 1. The Balaban J connectivity index is 1.30. The van der Waals surface area contributed by atoms with Crippen molar-refractivity contribution >= 4 is 32.6 Å². The van der Waals surface area contributed by atoms with Crippen molar-refractivity contribution in [2.45, 2.75) is 85.0 Å². The zero-order valence-electron chi connectivity index (χ0n) is 18.4. The zero-order valence-corrected chi connectivity index (χ0v) is 20.5. The van der Waals surface area contributed by atoms with Crippen molar-refractivity contribution in [3.05, 3.63) is 32.4 Å². The van der Waals surface area contributed by atoms with Gasteiger partial charge in [-0.15, -0.1) is 0 Å². The number of aryl methyl sites for hydroxylation is 3. The van der Waals surface area contributed by atoms with Crippen molar-refractivity contribution in [2.24, 2.45) is 22.7 Å². The SMILES string of the molecule is Cc1cc(C)c(I(OC(=O)C2CC3(CCC3)C2)OC(=O)C2CC3(CCC3)C2)c(C)c1. The van der Waals surface area contributed by atoms with E-state index in [0.717, 1.165) is 40.4 Å². The van der Waals surface area contributed by atoms with Crippen molar-refractivity contribution in [1.29, 1.82) is 0 Å². The first-order valence-electron chi connectivity index (χ1n) is 11.5. The van der Waals surface area contributed by atoms with Gasteiger partial charge in [-0.25, -0.2) is 0 Å². The van der Waals surface area contributed by atoms with E-state index in [-0.39, 0.29) is 23.8 Å². The van der Waals surface area contributed by atoms with Crippen molar-refractivity contribution in [3.8, 4) is 0 Å². The van der Waals surface area contributed by atoms with Crippen molar-refractivity contribution in [3.63, 3.8) is 0 Å².